The average molecular weight is 336 g/mol. The van der Waals surface area contributed by atoms with Crippen LogP contribution in [0.4, 0.5) is 0 Å². The molecule has 1 atom stereocenters. The van der Waals surface area contributed by atoms with E-state index in [9.17, 15) is 4.79 Å². The summed E-state index contributed by atoms with van der Waals surface area (Å²) < 4.78 is 11.3. The molecule has 1 aromatic carbocycles. The van der Waals surface area contributed by atoms with Gasteiger partial charge in [-0.05, 0) is 37.6 Å². The van der Waals surface area contributed by atoms with Crippen molar-refractivity contribution in [2.24, 2.45) is 0 Å². The minimum absolute atomic E-state index is 0.139. The highest BCUT2D eigenvalue weighted by molar-refractivity contribution is 7.99. The van der Waals surface area contributed by atoms with Gasteiger partial charge in [-0.15, -0.1) is 11.8 Å². The number of ether oxygens (including phenoxy) is 2. The van der Waals surface area contributed by atoms with Gasteiger partial charge in [-0.25, -0.2) is 0 Å². The Kier molecular flexibility index (Phi) is 6.05. The van der Waals surface area contributed by atoms with Gasteiger partial charge in [-0.3, -0.25) is 4.79 Å². The van der Waals surface area contributed by atoms with E-state index < -0.39 is 0 Å². The number of hydrogen-bond donors (Lipinski definition) is 2. The molecule has 0 saturated carbocycles. The van der Waals surface area contributed by atoms with Gasteiger partial charge in [0, 0.05) is 36.1 Å². The van der Waals surface area contributed by atoms with Crippen LogP contribution < -0.4 is 20.1 Å². The van der Waals surface area contributed by atoms with Crippen molar-refractivity contribution in [2.45, 2.75) is 36.6 Å². The summed E-state index contributed by atoms with van der Waals surface area (Å²) in [6.45, 7) is 3.35. The molecule has 2 aliphatic rings. The van der Waals surface area contributed by atoms with E-state index in [0.717, 1.165) is 54.5 Å². The summed E-state index contributed by atoms with van der Waals surface area (Å²) in [5, 5.41) is 6.41. The number of rotatable bonds is 5. The maximum absolute atomic E-state index is 12.0. The Morgan fingerprint density at radius 2 is 2.13 bits per heavy atom. The number of carbonyl (C=O) groups is 1. The monoisotopic (exact) mass is 336 g/mol. The Bertz CT molecular complexity index is 533. The van der Waals surface area contributed by atoms with Crippen molar-refractivity contribution in [2.75, 3.05) is 32.1 Å². The van der Waals surface area contributed by atoms with Crippen LogP contribution in [0.5, 0.6) is 11.5 Å². The van der Waals surface area contributed by atoms with Crippen molar-refractivity contribution in [3.8, 4) is 11.5 Å². The standard InChI is InChI=1S/C17H24N2O3S/c20-17(19-13-3-1-7-18-12-13)6-10-23-14-4-5-15-16(11-14)22-9-2-8-21-15/h4-5,11,13,18H,1-3,6-10,12H2,(H,19,20). The summed E-state index contributed by atoms with van der Waals surface area (Å²) in [7, 11) is 0. The molecule has 1 aromatic rings. The highest BCUT2D eigenvalue weighted by Crippen LogP contribution is 2.33. The summed E-state index contributed by atoms with van der Waals surface area (Å²) in [6.07, 6.45) is 3.66. The second kappa shape index (κ2) is 8.45. The first-order chi connectivity index (χ1) is 11.3. The number of carbonyl (C=O) groups excluding carboxylic acids is 1. The fraction of sp³-hybridized carbons (Fsp3) is 0.588. The van der Waals surface area contributed by atoms with E-state index in [1.165, 1.54) is 0 Å². The largest absolute Gasteiger partial charge is 0.490 e. The van der Waals surface area contributed by atoms with Crippen LogP contribution in [-0.2, 0) is 4.79 Å². The predicted molar refractivity (Wildman–Crippen MR) is 91.4 cm³/mol. The fourth-order valence-corrected chi connectivity index (χ4v) is 3.65. The molecule has 6 heteroatoms. The molecule has 0 aliphatic carbocycles. The molecule has 5 nitrogen and oxygen atoms in total. The van der Waals surface area contributed by atoms with E-state index in [0.29, 0.717) is 25.7 Å². The lowest BCUT2D eigenvalue weighted by Gasteiger charge is -2.23. The third kappa shape index (κ3) is 5.04. The highest BCUT2D eigenvalue weighted by atomic mass is 32.2. The Morgan fingerprint density at radius 3 is 2.96 bits per heavy atom. The van der Waals surface area contributed by atoms with Gasteiger partial charge in [0.1, 0.15) is 0 Å². The molecular formula is C17H24N2O3S. The summed E-state index contributed by atoms with van der Waals surface area (Å²) in [6, 6.07) is 6.28. The normalized spacial score (nSPS) is 20.6. The van der Waals surface area contributed by atoms with Crippen LogP contribution in [0.15, 0.2) is 23.1 Å². The average Bonchev–Trinajstić information content (AvgIpc) is 2.80. The molecule has 1 unspecified atom stereocenters. The number of fused-ring (bicyclic) bond motifs is 1. The van der Waals surface area contributed by atoms with Crippen LogP contribution in [0, 0.1) is 0 Å². The van der Waals surface area contributed by atoms with E-state index in [1.807, 2.05) is 18.2 Å². The van der Waals surface area contributed by atoms with Gasteiger partial charge in [-0.2, -0.15) is 0 Å². The van der Waals surface area contributed by atoms with Gasteiger partial charge >= 0.3 is 0 Å². The van der Waals surface area contributed by atoms with Crippen LogP contribution in [0.1, 0.15) is 25.7 Å². The predicted octanol–water partition coefficient (Wildman–Crippen LogP) is 2.20. The third-order valence-corrected chi connectivity index (χ3v) is 4.97. The van der Waals surface area contributed by atoms with E-state index in [1.54, 1.807) is 11.8 Å². The molecule has 0 radical (unpaired) electrons. The van der Waals surface area contributed by atoms with Crippen LogP contribution in [0.3, 0.4) is 0 Å². The minimum Gasteiger partial charge on any atom is -0.490 e. The molecule has 1 fully saturated rings. The Labute approximate surface area is 141 Å². The lowest BCUT2D eigenvalue weighted by Crippen LogP contribution is -2.45. The van der Waals surface area contributed by atoms with Gasteiger partial charge in [-0.1, -0.05) is 0 Å². The zero-order chi connectivity index (χ0) is 15.9. The molecule has 0 aromatic heterocycles. The lowest BCUT2D eigenvalue weighted by atomic mass is 10.1. The zero-order valence-corrected chi connectivity index (χ0v) is 14.1. The van der Waals surface area contributed by atoms with Gasteiger partial charge in [0.2, 0.25) is 5.91 Å². The molecule has 2 N–H and O–H groups in total. The molecule has 126 valence electrons. The summed E-state index contributed by atoms with van der Waals surface area (Å²) in [5.74, 6) is 2.53. The van der Waals surface area contributed by atoms with E-state index in [2.05, 4.69) is 10.6 Å². The highest BCUT2D eigenvalue weighted by Gasteiger charge is 2.15. The zero-order valence-electron chi connectivity index (χ0n) is 13.3. The molecule has 1 amide bonds. The maximum atomic E-state index is 12.0. The first kappa shape index (κ1) is 16.5. The number of thioether (sulfide) groups is 1. The molecule has 3 rings (SSSR count). The summed E-state index contributed by atoms with van der Waals surface area (Å²) in [5.41, 5.74) is 0. The van der Waals surface area contributed by atoms with Gasteiger partial charge in [0.05, 0.1) is 13.2 Å². The van der Waals surface area contributed by atoms with Crippen LogP contribution in [0.2, 0.25) is 0 Å². The van der Waals surface area contributed by atoms with Crippen molar-refractivity contribution >= 4 is 17.7 Å². The molecule has 2 aliphatic heterocycles. The quantitative estimate of drug-likeness (QED) is 0.807. The smallest absolute Gasteiger partial charge is 0.221 e. The van der Waals surface area contributed by atoms with E-state index in [-0.39, 0.29) is 5.91 Å². The second-order valence-corrected chi connectivity index (χ2v) is 7.04. The third-order valence-electron chi connectivity index (χ3n) is 3.98. The number of hydrogen-bond acceptors (Lipinski definition) is 5. The first-order valence-electron chi connectivity index (χ1n) is 8.34. The number of nitrogens with one attached hydrogen (secondary N) is 2. The number of benzene rings is 1. The minimum atomic E-state index is 0.139. The van der Waals surface area contributed by atoms with E-state index >= 15 is 0 Å². The molecule has 2 heterocycles. The van der Waals surface area contributed by atoms with Crippen molar-refractivity contribution in [3.63, 3.8) is 0 Å². The Balaban J connectivity index is 1.43. The summed E-state index contributed by atoms with van der Waals surface area (Å²) >= 11 is 1.68. The van der Waals surface area contributed by atoms with Crippen LogP contribution in [-0.4, -0.2) is 44.0 Å². The van der Waals surface area contributed by atoms with Crippen LogP contribution >= 0.6 is 11.8 Å². The van der Waals surface area contributed by atoms with Gasteiger partial charge in [0.15, 0.2) is 11.5 Å². The van der Waals surface area contributed by atoms with Crippen molar-refractivity contribution < 1.29 is 14.3 Å². The molecule has 0 spiro atoms. The second-order valence-electron chi connectivity index (χ2n) is 5.87. The van der Waals surface area contributed by atoms with Crippen molar-refractivity contribution in [1.82, 2.24) is 10.6 Å². The maximum Gasteiger partial charge on any atom is 0.221 e. The Hall–Kier alpha value is -1.40. The number of piperidine rings is 1. The molecule has 1 saturated heterocycles. The number of amides is 1. The van der Waals surface area contributed by atoms with Crippen molar-refractivity contribution in [3.05, 3.63) is 18.2 Å². The first-order valence-corrected chi connectivity index (χ1v) is 9.32. The topological polar surface area (TPSA) is 59.6 Å². The van der Waals surface area contributed by atoms with Gasteiger partial charge < -0.3 is 20.1 Å². The molecular weight excluding hydrogens is 312 g/mol. The summed E-state index contributed by atoms with van der Waals surface area (Å²) in [4.78, 5) is 13.1. The Morgan fingerprint density at radius 1 is 1.26 bits per heavy atom. The lowest BCUT2D eigenvalue weighted by molar-refractivity contribution is -0.121. The fourth-order valence-electron chi connectivity index (χ4n) is 2.77. The SMILES string of the molecule is O=C(CCSc1ccc2c(c1)OCCCO2)NC1CCCNC1. The molecule has 23 heavy (non-hydrogen) atoms. The van der Waals surface area contributed by atoms with Gasteiger partial charge in [0.25, 0.3) is 0 Å². The van der Waals surface area contributed by atoms with Crippen molar-refractivity contribution in [1.29, 1.82) is 0 Å². The van der Waals surface area contributed by atoms with Crippen LogP contribution in [0.25, 0.3) is 0 Å². The van der Waals surface area contributed by atoms with E-state index in [4.69, 9.17) is 9.47 Å². The molecule has 0 bridgehead atoms.